The summed E-state index contributed by atoms with van der Waals surface area (Å²) in [6.07, 6.45) is -0.108. The van der Waals surface area contributed by atoms with Gasteiger partial charge in [-0.05, 0) is 42.5 Å². The van der Waals surface area contributed by atoms with Gasteiger partial charge in [0.05, 0.1) is 21.9 Å². The number of pyridine rings is 2. The van der Waals surface area contributed by atoms with Gasteiger partial charge < -0.3 is 4.98 Å². The first-order chi connectivity index (χ1) is 12.7. The predicted molar refractivity (Wildman–Crippen MR) is 94.0 cm³/mol. The zero-order valence-electron chi connectivity index (χ0n) is 14.3. The van der Waals surface area contributed by atoms with Gasteiger partial charge in [-0.1, -0.05) is 6.92 Å². The summed E-state index contributed by atoms with van der Waals surface area (Å²) >= 11 is 0. The average molecular weight is 395 g/mol. The van der Waals surface area contributed by atoms with Crippen molar-refractivity contribution >= 4 is 20.9 Å². The zero-order valence-corrected chi connectivity index (χ0v) is 15.2. The number of hydrogen-bond acceptors (Lipinski definition) is 4. The molecule has 3 heterocycles. The molecule has 0 aromatic carbocycles. The Hall–Kier alpha value is -2.42. The lowest BCUT2D eigenvalue weighted by atomic mass is 10.1. The van der Waals surface area contributed by atoms with Gasteiger partial charge >= 0.3 is 6.18 Å². The first-order valence-electron chi connectivity index (χ1n) is 8.48. The third kappa shape index (κ3) is 3.31. The van der Waals surface area contributed by atoms with E-state index in [0.29, 0.717) is 11.6 Å². The van der Waals surface area contributed by atoms with E-state index in [9.17, 15) is 21.6 Å². The number of rotatable bonds is 4. The van der Waals surface area contributed by atoms with Gasteiger partial charge in [-0.15, -0.1) is 0 Å². The Balaban J connectivity index is 1.87. The van der Waals surface area contributed by atoms with Gasteiger partial charge in [0.1, 0.15) is 11.3 Å². The van der Waals surface area contributed by atoms with Crippen LogP contribution in [0, 0.1) is 0 Å². The molecule has 5 nitrogen and oxygen atoms in total. The molecular formula is C18H16F3N3O2S. The summed E-state index contributed by atoms with van der Waals surface area (Å²) in [4.78, 5) is 11.1. The lowest BCUT2D eigenvalue weighted by Gasteiger charge is -2.09. The van der Waals surface area contributed by atoms with E-state index in [1.807, 2.05) is 0 Å². The Morgan fingerprint density at radius 3 is 2.52 bits per heavy atom. The molecule has 0 spiro atoms. The summed E-state index contributed by atoms with van der Waals surface area (Å²) in [7, 11) is -3.56. The molecule has 0 bridgehead atoms. The van der Waals surface area contributed by atoms with Crippen molar-refractivity contribution in [3.05, 3.63) is 41.7 Å². The summed E-state index contributed by atoms with van der Waals surface area (Å²) in [6, 6.07) is 4.07. The van der Waals surface area contributed by atoms with Crippen LogP contribution in [0.15, 0.2) is 35.5 Å². The van der Waals surface area contributed by atoms with E-state index in [4.69, 9.17) is 0 Å². The highest BCUT2D eigenvalue weighted by Crippen LogP contribution is 2.41. The van der Waals surface area contributed by atoms with E-state index in [-0.39, 0.29) is 27.4 Å². The largest absolute Gasteiger partial charge is 0.417 e. The van der Waals surface area contributed by atoms with Crippen LogP contribution in [0.2, 0.25) is 0 Å². The molecule has 0 saturated heterocycles. The molecule has 1 fully saturated rings. The first-order valence-corrected chi connectivity index (χ1v) is 10.1. The second-order valence-electron chi connectivity index (χ2n) is 6.64. The van der Waals surface area contributed by atoms with E-state index in [2.05, 4.69) is 15.0 Å². The lowest BCUT2D eigenvalue weighted by Crippen LogP contribution is -2.08. The first kappa shape index (κ1) is 18.0. The minimum atomic E-state index is -4.50. The van der Waals surface area contributed by atoms with Gasteiger partial charge in [0, 0.05) is 17.8 Å². The molecule has 3 aromatic rings. The zero-order chi connectivity index (χ0) is 19.4. The summed E-state index contributed by atoms with van der Waals surface area (Å²) < 4.78 is 63.8. The average Bonchev–Trinajstić information content (AvgIpc) is 3.38. The molecule has 0 atom stereocenters. The smallest absolute Gasteiger partial charge is 0.338 e. The maximum absolute atomic E-state index is 12.9. The fourth-order valence-corrected chi connectivity index (χ4v) is 4.08. The number of nitrogens with one attached hydrogen (secondary N) is 1. The summed E-state index contributed by atoms with van der Waals surface area (Å²) in [6.45, 7) is 1.55. The number of halogens is 3. The van der Waals surface area contributed by atoms with Crippen molar-refractivity contribution in [2.45, 2.75) is 36.8 Å². The fraction of sp³-hybridized carbons (Fsp3) is 0.333. The minimum Gasteiger partial charge on any atom is -0.338 e. The molecule has 142 valence electrons. The van der Waals surface area contributed by atoms with Crippen LogP contribution in [0.25, 0.3) is 22.4 Å². The second kappa shape index (κ2) is 6.05. The second-order valence-corrected chi connectivity index (χ2v) is 8.88. The lowest BCUT2D eigenvalue weighted by molar-refractivity contribution is -0.137. The number of H-pyrrole nitrogens is 1. The van der Waals surface area contributed by atoms with E-state index < -0.39 is 21.6 Å². The van der Waals surface area contributed by atoms with Crippen molar-refractivity contribution in [3.8, 4) is 11.4 Å². The van der Waals surface area contributed by atoms with Crippen LogP contribution >= 0.6 is 0 Å². The van der Waals surface area contributed by atoms with Crippen LogP contribution in [0.1, 0.15) is 36.8 Å². The maximum Gasteiger partial charge on any atom is 0.417 e. The number of sulfone groups is 1. The SMILES string of the molecule is CCS(=O)(=O)c1cc(C2CC2)cnc1-c1cc2cc(C(F)(F)F)cnc2[nH]1. The number of aromatic nitrogens is 3. The molecule has 1 N–H and O–H groups in total. The third-order valence-electron chi connectivity index (χ3n) is 4.69. The number of hydrogen-bond donors (Lipinski definition) is 1. The van der Waals surface area contributed by atoms with Gasteiger partial charge in [0.2, 0.25) is 0 Å². The van der Waals surface area contributed by atoms with Crippen LogP contribution < -0.4 is 0 Å². The topological polar surface area (TPSA) is 75.7 Å². The fourth-order valence-electron chi connectivity index (χ4n) is 2.99. The molecule has 1 aliphatic carbocycles. The third-order valence-corrected chi connectivity index (χ3v) is 6.43. The van der Waals surface area contributed by atoms with E-state index in [1.165, 1.54) is 6.07 Å². The minimum absolute atomic E-state index is 0.0908. The van der Waals surface area contributed by atoms with E-state index >= 15 is 0 Å². The van der Waals surface area contributed by atoms with Gasteiger partial charge in [-0.2, -0.15) is 13.2 Å². The molecule has 1 saturated carbocycles. The van der Waals surface area contributed by atoms with Crippen LogP contribution in [0.3, 0.4) is 0 Å². The van der Waals surface area contributed by atoms with E-state index in [1.54, 1.807) is 19.2 Å². The molecular weight excluding hydrogens is 379 g/mol. The molecule has 0 aliphatic heterocycles. The standard InChI is InChI=1S/C18H16F3N3O2S/c1-2-27(25,26)15-7-12(10-3-4-10)8-22-16(15)14-6-11-5-13(18(19,20)21)9-23-17(11)24-14/h5-10H,2-4H2,1H3,(H,23,24). The molecule has 9 heteroatoms. The molecule has 4 rings (SSSR count). The highest BCUT2D eigenvalue weighted by Gasteiger charge is 2.32. The molecule has 1 aliphatic rings. The Morgan fingerprint density at radius 1 is 1.15 bits per heavy atom. The van der Waals surface area contributed by atoms with Gasteiger partial charge in [-0.25, -0.2) is 13.4 Å². The number of aromatic amines is 1. The quantitative estimate of drug-likeness (QED) is 0.714. The molecule has 0 unspecified atom stereocenters. The molecule has 3 aromatic heterocycles. The van der Waals surface area contributed by atoms with Crippen molar-refractivity contribution in [1.29, 1.82) is 0 Å². The van der Waals surface area contributed by atoms with Crippen molar-refractivity contribution in [1.82, 2.24) is 15.0 Å². The van der Waals surface area contributed by atoms with Gasteiger partial charge in [0.25, 0.3) is 0 Å². The van der Waals surface area contributed by atoms with Crippen LogP contribution in [-0.4, -0.2) is 29.1 Å². The van der Waals surface area contributed by atoms with Crippen molar-refractivity contribution in [3.63, 3.8) is 0 Å². The summed E-state index contributed by atoms with van der Waals surface area (Å²) in [5.41, 5.74) is 0.781. The van der Waals surface area contributed by atoms with E-state index in [0.717, 1.165) is 30.7 Å². The predicted octanol–water partition coefficient (Wildman–Crippen LogP) is 4.31. The van der Waals surface area contributed by atoms with Gasteiger partial charge in [0.15, 0.2) is 9.84 Å². The highest BCUT2D eigenvalue weighted by atomic mass is 32.2. The van der Waals surface area contributed by atoms with Crippen LogP contribution in [-0.2, 0) is 16.0 Å². The molecule has 0 amide bonds. The number of nitrogens with zero attached hydrogens (tertiary/aromatic N) is 2. The number of fused-ring (bicyclic) bond motifs is 1. The Bertz CT molecular complexity index is 1130. The maximum atomic E-state index is 12.9. The van der Waals surface area contributed by atoms with Crippen molar-refractivity contribution in [2.24, 2.45) is 0 Å². The monoisotopic (exact) mass is 395 g/mol. The van der Waals surface area contributed by atoms with Gasteiger partial charge in [-0.3, -0.25) is 4.98 Å². The normalized spacial score (nSPS) is 15.4. The van der Waals surface area contributed by atoms with Crippen LogP contribution in [0.4, 0.5) is 13.2 Å². The highest BCUT2D eigenvalue weighted by molar-refractivity contribution is 7.91. The van der Waals surface area contributed by atoms with Crippen LogP contribution in [0.5, 0.6) is 0 Å². The molecule has 0 radical (unpaired) electrons. The van der Waals surface area contributed by atoms with Crippen molar-refractivity contribution < 1.29 is 21.6 Å². The molecule has 27 heavy (non-hydrogen) atoms. The summed E-state index contributed by atoms with van der Waals surface area (Å²) in [5.74, 6) is 0.239. The Labute approximate surface area is 153 Å². The Morgan fingerprint density at radius 2 is 1.89 bits per heavy atom. The number of alkyl halides is 3. The van der Waals surface area contributed by atoms with Crippen molar-refractivity contribution in [2.75, 3.05) is 5.75 Å². The Kier molecular flexibility index (Phi) is 4.03. The summed E-state index contributed by atoms with van der Waals surface area (Å²) in [5, 5.41) is 0.243.